The average molecular weight is 468 g/mol. The van der Waals surface area contributed by atoms with Crippen LogP contribution in [0, 0.1) is 25.2 Å². The highest BCUT2D eigenvalue weighted by Gasteiger charge is 2.22. The topological polar surface area (TPSA) is 92.8 Å². The van der Waals surface area contributed by atoms with Crippen LogP contribution in [0.15, 0.2) is 23.4 Å². The van der Waals surface area contributed by atoms with E-state index in [1.54, 1.807) is 0 Å². The van der Waals surface area contributed by atoms with Crippen molar-refractivity contribution >= 4 is 34.0 Å². The highest BCUT2D eigenvalue weighted by atomic mass is 32.2. The number of amides is 1. The van der Waals surface area contributed by atoms with E-state index in [4.69, 9.17) is 4.74 Å². The van der Waals surface area contributed by atoms with Crippen LogP contribution in [0.1, 0.15) is 45.8 Å². The molecule has 0 unspecified atom stereocenters. The van der Waals surface area contributed by atoms with Gasteiger partial charge in [0.2, 0.25) is 5.91 Å². The lowest BCUT2D eigenvalue weighted by molar-refractivity contribution is -0.113. The van der Waals surface area contributed by atoms with Crippen molar-refractivity contribution in [1.82, 2.24) is 14.8 Å². The number of aromatic nitrogens is 3. The van der Waals surface area contributed by atoms with Gasteiger partial charge in [-0.15, -0.1) is 21.5 Å². The number of benzene rings is 1. The van der Waals surface area contributed by atoms with Crippen LogP contribution in [0.2, 0.25) is 0 Å². The maximum atomic E-state index is 12.6. The fourth-order valence-electron chi connectivity index (χ4n) is 3.83. The number of fused-ring (bicyclic) bond motifs is 1. The van der Waals surface area contributed by atoms with E-state index in [2.05, 4.69) is 21.6 Å². The van der Waals surface area contributed by atoms with E-state index in [-0.39, 0.29) is 11.7 Å². The fraction of sp³-hybridized carbons (Fsp3) is 0.391. The van der Waals surface area contributed by atoms with Crippen LogP contribution in [0.25, 0.3) is 0 Å². The Morgan fingerprint density at radius 3 is 2.78 bits per heavy atom. The zero-order valence-corrected chi connectivity index (χ0v) is 20.0. The van der Waals surface area contributed by atoms with E-state index in [0.29, 0.717) is 28.2 Å². The molecule has 1 aliphatic carbocycles. The van der Waals surface area contributed by atoms with Gasteiger partial charge in [-0.2, -0.15) is 5.26 Å². The Morgan fingerprint density at radius 2 is 2.03 bits per heavy atom. The van der Waals surface area contributed by atoms with Gasteiger partial charge in [-0.3, -0.25) is 4.79 Å². The molecule has 0 radical (unpaired) electrons. The van der Waals surface area contributed by atoms with E-state index in [1.165, 1.54) is 28.0 Å². The van der Waals surface area contributed by atoms with Crippen molar-refractivity contribution in [3.05, 3.63) is 51.2 Å². The maximum absolute atomic E-state index is 12.6. The first-order chi connectivity index (χ1) is 15.5. The Kier molecular flexibility index (Phi) is 6.82. The van der Waals surface area contributed by atoms with Crippen molar-refractivity contribution in [2.75, 3.05) is 11.1 Å². The smallest absolute Gasteiger partial charge is 0.235 e. The molecule has 0 aliphatic heterocycles. The third-order valence-corrected chi connectivity index (χ3v) is 7.78. The monoisotopic (exact) mass is 467 g/mol. The molecule has 1 N–H and O–H groups in total. The van der Waals surface area contributed by atoms with Crippen LogP contribution >= 0.6 is 23.1 Å². The largest absolute Gasteiger partial charge is 0.485 e. The van der Waals surface area contributed by atoms with Crippen LogP contribution in [-0.4, -0.2) is 26.4 Å². The zero-order chi connectivity index (χ0) is 22.7. The van der Waals surface area contributed by atoms with Crippen LogP contribution in [0.3, 0.4) is 0 Å². The first kappa shape index (κ1) is 22.4. The summed E-state index contributed by atoms with van der Waals surface area (Å²) in [6.07, 6.45) is 4.16. The van der Waals surface area contributed by atoms with E-state index in [0.717, 1.165) is 48.1 Å². The minimum absolute atomic E-state index is 0.151. The Labute approximate surface area is 195 Å². The molecule has 166 valence electrons. The van der Waals surface area contributed by atoms with Gasteiger partial charge in [0.15, 0.2) is 11.0 Å². The fourth-order valence-corrected chi connectivity index (χ4v) is 5.81. The predicted octanol–water partition coefficient (Wildman–Crippen LogP) is 4.55. The van der Waals surface area contributed by atoms with Crippen LogP contribution in [-0.2, 0) is 31.3 Å². The van der Waals surface area contributed by atoms with Gasteiger partial charge in [0.1, 0.15) is 23.4 Å². The number of hydrogen-bond donors (Lipinski definition) is 1. The lowest BCUT2D eigenvalue weighted by Gasteiger charge is -2.11. The van der Waals surface area contributed by atoms with Gasteiger partial charge in [0.05, 0.1) is 11.3 Å². The summed E-state index contributed by atoms with van der Waals surface area (Å²) in [6, 6.07) is 8.31. The van der Waals surface area contributed by atoms with E-state index >= 15 is 0 Å². The first-order valence-corrected chi connectivity index (χ1v) is 12.3. The number of nitrogens with one attached hydrogen (secondary N) is 1. The van der Waals surface area contributed by atoms with Crippen LogP contribution in [0.5, 0.6) is 5.75 Å². The van der Waals surface area contributed by atoms with Crippen LogP contribution in [0.4, 0.5) is 5.00 Å². The third-order valence-electron chi connectivity index (χ3n) is 5.55. The molecule has 9 heteroatoms. The molecule has 1 aliphatic rings. The second-order valence-electron chi connectivity index (χ2n) is 7.83. The van der Waals surface area contributed by atoms with Gasteiger partial charge in [-0.25, -0.2) is 0 Å². The lowest BCUT2D eigenvalue weighted by atomic mass is 9.96. The second-order valence-corrected chi connectivity index (χ2v) is 9.88. The quantitative estimate of drug-likeness (QED) is 0.512. The van der Waals surface area contributed by atoms with Gasteiger partial charge in [0.25, 0.3) is 0 Å². The molecule has 32 heavy (non-hydrogen) atoms. The van der Waals surface area contributed by atoms with Gasteiger partial charge >= 0.3 is 0 Å². The van der Waals surface area contributed by atoms with Gasteiger partial charge in [0, 0.05) is 11.9 Å². The summed E-state index contributed by atoms with van der Waals surface area (Å²) in [7, 11) is 1.87. The Bertz CT molecular complexity index is 1170. The van der Waals surface area contributed by atoms with E-state index in [9.17, 15) is 10.1 Å². The number of anilines is 1. The highest BCUT2D eigenvalue weighted by molar-refractivity contribution is 7.99. The van der Waals surface area contributed by atoms with Crippen molar-refractivity contribution in [3.63, 3.8) is 0 Å². The number of carbonyl (C=O) groups excluding carboxylic acids is 1. The molecule has 1 amide bonds. The summed E-state index contributed by atoms with van der Waals surface area (Å²) in [5.41, 5.74) is 3.90. The number of thiophene rings is 1. The molecular formula is C23H25N5O2S2. The molecule has 3 aromatic rings. The number of nitrogens with zero attached hydrogens (tertiary/aromatic N) is 4. The second kappa shape index (κ2) is 9.76. The summed E-state index contributed by atoms with van der Waals surface area (Å²) in [5.74, 6) is 1.59. The molecule has 1 aromatic carbocycles. The zero-order valence-electron chi connectivity index (χ0n) is 18.4. The first-order valence-electron chi connectivity index (χ1n) is 10.5. The minimum Gasteiger partial charge on any atom is -0.485 e. The number of rotatable bonds is 7. The number of thioether (sulfide) groups is 1. The van der Waals surface area contributed by atoms with Crippen LogP contribution < -0.4 is 10.1 Å². The van der Waals surface area contributed by atoms with Crippen molar-refractivity contribution in [3.8, 4) is 11.8 Å². The number of aryl methyl sites for hydroxylation is 3. The Balaban J connectivity index is 1.36. The molecule has 0 saturated heterocycles. The number of carbonyl (C=O) groups is 1. The van der Waals surface area contributed by atoms with Gasteiger partial charge < -0.3 is 14.6 Å². The normalized spacial score (nSPS) is 12.8. The minimum atomic E-state index is -0.151. The molecule has 0 fully saturated rings. The van der Waals surface area contributed by atoms with Crippen molar-refractivity contribution in [2.24, 2.45) is 7.05 Å². The molecule has 2 aromatic heterocycles. The molecule has 0 atom stereocenters. The summed E-state index contributed by atoms with van der Waals surface area (Å²) in [5, 5.41) is 22.2. The number of nitriles is 1. The molecule has 0 bridgehead atoms. The molecule has 2 heterocycles. The summed E-state index contributed by atoms with van der Waals surface area (Å²) in [6.45, 7) is 4.33. The SMILES string of the molecule is Cc1cccc(C)c1OCc1nnc(SCC(=O)Nc2sc3c(c2C#N)CCCC3)n1C. The standard InChI is InChI=1S/C23H25N5O2S2/c1-14-7-6-8-15(2)21(14)30-12-19-26-27-23(28(19)3)31-13-20(29)25-22-17(11-24)16-9-4-5-10-18(16)32-22/h6-8H,4-5,9-10,12-13H2,1-3H3,(H,25,29). The summed E-state index contributed by atoms with van der Waals surface area (Å²) < 4.78 is 7.82. The van der Waals surface area contributed by atoms with E-state index < -0.39 is 0 Å². The maximum Gasteiger partial charge on any atom is 0.235 e. The molecule has 7 nitrogen and oxygen atoms in total. The predicted molar refractivity (Wildman–Crippen MR) is 126 cm³/mol. The lowest BCUT2D eigenvalue weighted by Crippen LogP contribution is -2.14. The number of ether oxygens (including phenoxy) is 1. The Morgan fingerprint density at radius 1 is 1.28 bits per heavy atom. The molecule has 4 rings (SSSR count). The van der Waals surface area contributed by atoms with Crippen molar-refractivity contribution in [1.29, 1.82) is 5.26 Å². The average Bonchev–Trinajstić information content (AvgIpc) is 3.31. The number of para-hydroxylation sites is 1. The van der Waals surface area contributed by atoms with Gasteiger partial charge in [-0.1, -0.05) is 30.0 Å². The Hall–Kier alpha value is -2.83. The van der Waals surface area contributed by atoms with Gasteiger partial charge in [-0.05, 0) is 56.2 Å². The third kappa shape index (κ3) is 4.66. The number of hydrogen-bond acceptors (Lipinski definition) is 7. The molecular weight excluding hydrogens is 442 g/mol. The highest BCUT2D eigenvalue weighted by Crippen LogP contribution is 2.37. The summed E-state index contributed by atoms with van der Waals surface area (Å²) >= 11 is 2.85. The van der Waals surface area contributed by atoms with Crippen molar-refractivity contribution in [2.45, 2.75) is 51.3 Å². The van der Waals surface area contributed by atoms with E-state index in [1.807, 2.05) is 43.7 Å². The molecule has 0 spiro atoms. The van der Waals surface area contributed by atoms with Crippen molar-refractivity contribution < 1.29 is 9.53 Å². The summed E-state index contributed by atoms with van der Waals surface area (Å²) in [4.78, 5) is 13.8. The molecule has 0 saturated carbocycles.